The number of halogens is 1. The van der Waals surface area contributed by atoms with E-state index in [4.69, 9.17) is 21.5 Å². The van der Waals surface area contributed by atoms with Crippen LogP contribution in [0.15, 0.2) is 41.6 Å². The van der Waals surface area contributed by atoms with Crippen molar-refractivity contribution in [3.63, 3.8) is 0 Å². The Morgan fingerprint density at radius 3 is 2.71 bits per heavy atom. The molecule has 0 amide bonds. The zero-order chi connectivity index (χ0) is 12.5. The molecule has 90 valence electrons. The van der Waals surface area contributed by atoms with Gasteiger partial charge in [-0.3, -0.25) is 0 Å². The summed E-state index contributed by atoms with van der Waals surface area (Å²) in [7, 11) is 0. The van der Waals surface area contributed by atoms with Crippen molar-refractivity contribution in [3.05, 3.63) is 42.0 Å². The molecule has 0 aromatic heterocycles. The smallest absolute Gasteiger partial charge is 0.354 e. The van der Waals surface area contributed by atoms with Gasteiger partial charge in [0.1, 0.15) is 6.61 Å². The van der Waals surface area contributed by atoms with Gasteiger partial charge in [0.2, 0.25) is 0 Å². The molecule has 0 heterocycles. The summed E-state index contributed by atoms with van der Waals surface area (Å²) >= 11 is 5.36. The molecule has 0 aliphatic rings. The van der Waals surface area contributed by atoms with E-state index in [2.05, 4.69) is 5.16 Å². The number of oxime groups is 1. The van der Waals surface area contributed by atoms with Gasteiger partial charge in [0.25, 0.3) is 0 Å². The molecular formula is C12H12ClNO3. The van der Waals surface area contributed by atoms with Gasteiger partial charge < -0.3 is 9.94 Å². The first kappa shape index (κ1) is 13.3. The number of aliphatic carboxylic acids is 1. The molecule has 17 heavy (non-hydrogen) atoms. The van der Waals surface area contributed by atoms with Crippen LogP contribution < -0.4 is 0 Å². The summed E-state index contributed by atoms with van der Waals surface area (Å²) in [6.45, 7) is 0.197. The van der Waals surface area contributed by atoms with E-state index in [1.807, 2.05) is 36.4 Å². The average molecular weight is 254 g/mol. The van der Waals surface area contributed by atoms with Gasteiger partial charge in [-0.1, -0.05) is 41.6 Å². The van der Waals surface area contributed by atoms with Gasteiger partial charge in [0.05, 0.1) is 5.88 Å². The quantitative estimate of drug-likeness (QED) is 0.367. The summed E-state index contributed by atoms with van der Waals surface area (Å²) in [6.07, 6.45) is 3.60. The maximum atomic E-state index is 10.5. The van der Waals surface area contributed by atoms with E-state index in [1.165, 1.54) is 0 Å². The molecule has 0 saturated carbocycles. The SMILES string of the molecule is O=C(O)/C(CCl)=N\OC/C=C/c1ccccc1. The molecule has 0 radical (unpaired) electrons. The molecule has 1 aromatic rings. The number of carboxylic acid groups (broad SMARTS) is 1. The van der Waals surface area contributed by atoms with Crippen molar-refractivity contribution in [1.82, 2.24) is 0 Å². The minimum absolute atomic E-state index is 0.183. The second-order valence-electron chi connectivity index (χ2n) is 3.09. The molecular weight excluding hydrogens is 242 g/mol. The van der Waals surface area contributed by atoms with Crippen molar-refractivity contribution >= 4 is 29.4 Å². The number of hydrogen-bond acceptors (Lipinski definition) is 3. The van der Waals surface area contributed by atoms with Crippen LogP contribution in [-0.4, -0.2) is 29.3 Å². The van der Waals surface area contributed by atoms with Gasteiger partial charge in [-0.05, 0) is 11.6 Å². The molecule has 1 rings (SSSR count). The first-order valence-corrected chi connectivity index (χ1v) is 5.47. The molecule has 0 aliphatic carbocycles. The fourth-order valence-corrected chi connectivity index (χ4v) is 1.19. The van der Waals surface area contributed by atoms with Crippen LogP contribution in [0.3, 0.4) is 0 Å². The largest absolute Gasteiger partial charge is 0.477 e. The molecule has 5 heteroatoms. The lowest BCUT2D eigenvalue weighted by Gasteiger charge is -1.96. The number of benzene rings is 1. The standard InChI is InChI=1S/C12H12ClNO3/c13-9-11(12(15)16)14-17-8-4-7-10-5-2-1-3-6-10/h1-7H,8-9H2,(H,15,16)/b7-4+,14-11-. The third-order valence-corrected chi connectivity index (χ3v) is 2.08. The first-order valence-electron chi connectivity index (χ1n) is 4.93. The maximum absolute atomic E-state index is 10.5. The summed E-state index contributed by atoms with van der Waals surface area (Å²) in [4.78, 5) is 15.3. The van der Waals surface area contributed by atoms with E-state index in [9.17, 15) is 4.79 Å². The predicted octanol–water partition coefficient (Wildman–Crippen LogP) is 2.40. The first-order chi connectivity index (χ1) is 8.24. The molecule has 0 spiro atoms. The van der Waals surface area contributed by atoms with Gasteiger partial charge in [0, 0.05) is 0 Å². The fraction of sp³-hybridized carbons (Fsp3) is 0.167. The van der Waals surface area contributed by atoms with Crippen LogP contribution in [0.4, 0.5) is 0 Å². The number of hydrogen-bond donors (Lipinski definition) is 1. The second-order valence-corrected chi connectivity index (χ2v) is 3.35. The molecule has 0 fully saturated rings. The zero-order valence-electron chi connectivity index (χ0n) is 9.04. The third-order valence-electron chi connectivity index (χ3n) is 1.83. The fourth-order valence-electron chi connectivity index (χ4n) is 1.03. The Labute approximate surface area is 104 Å². The number of rotatable bonds is 6. The molecule has 4 nitrogen and oxygen atoms in total. The number of nitrogens with zero attached hydrogens (tertiary/aromatic N) is 1. The molecule has 0 saturated heterocycles. The van der Waals surface area contributed by atoms with Gasteiger partial charge in [0.15, 0.2) is 5.71 Å². The van der Waals surface area contributed by atoms with Crippen molar-refractivity contribution < 1.29 is 14.7 Å². The van der Waals surface area contributed by atoms with Crippen molar-refractivity contribution in [2.45, 2.75) is 0 Å². The highest BCUT2D eigenvalue weighted by Crippen LogP contribution is 2.00. The van der Waals surface area contributed by atoms with Gasteiger partial charge in [-0.2, -0.15) is 0 Å². The van der Waals surface area contributed by atoms with Crippen LogP contribution in [-0.2, 0) is 9.63 Å². The molecule has 0 bridgehead atoms. The van der Waals surface area contributed by atoms with E-state index in [0.29, 0.717) is 0 Å². The normalized spacial score (nSPS) is 11.7. The second kappa shape index (κ2) is 7.46. The Morgan fingerprint density at radius 2 is 2.12 bits per heavy atom. The van der Waals surface area contributed by atoms with Crippen LogP contribution in [0.5, 0.6) is 0 Å². The molecule has 1 aromatic carbocycles. The van der Waals surface area contributed by atoms with Crippen molar-refractivity contribution in [2.75, 3.05) is 12.5 Å². The maximum Gasteiger partial charge on any atom is 0.354 e. The highest BCUT2D eigenvalue weighted by Gasteiger charge is 2.07. The van der Waals surface area contributed by atoms with Gasteiger partial charge >= 0.3 is 5.97 Å². The topological polar surface area (TPSA) is 58.9 Å². The molecule has 0 atom stereocenters. The number of carboxylic acids is 1. The van der Waals surface area contributed by atoms with E-state index in [0.717, 1.165) is 5.56 Å². The number of carbonyl (C=O) groups is 1. The van der Waals surface area contributed by atoms with Crippen molar-refractivity contribution in [2.24, 2.45) is 5.16 Å². The summed E-state index contributed by atoms with van der Waals surface area (Å²) in [5.41, 5.74) is 0.829. The lowest BCUT2D eigenvalue weighted by atomic mass is 10.2. The van der Waals surface area contributed by atoms with Crippen molar-refractivity contribution in [3.8, 4) is 0 Å². The minimum atomic E-state index is -1.17. The average Bonchev–Trinajstić information content (AvgIpc) is 2.34. The van der Waals surface area contributed by atoms with Crippen LogP contribution in [0.25, 0.3) is 6.08 Å². The van der Waals surface area contributed by atoms with Gasteiger partial charge in [-0.15, -0.1) is 11.6 Å². The Morgan fingerprint density at radius 1 is 1.41 bits per heavy atom. The van der Waals surface area contributed by atoms with Crippen LogP contribution >= 0.6 is 11.6 Å². The van der Waals surface area contributed by atoms with E-state index >= 15 is 0 Å². The van der Waals surface area contributed by atoms with Crippen LogP contribution in [0, 0.1) is 0 Å². The summed E-state index contributed by atoms with van der Waals surface area (Å²) in [5.74, 6) is -1.36. The Kier molecular flexibility index (Phi) is 5.82. The van der Waals surface area contributed by atoms with E-state index in [-0.39, 0.29) is 18.2 Å². The Hall–Kier alpha value is -1.81. The molecule has 0 unspecified atom stereocenters. The minimum Gasteiger partial charge on any atom is -0.477 e. The van der Waals surface area contributed by atoms with E-state index in [1.54, 1.807) is 6.08 Å². The third kappa shape index (κ3) is 5.17. The Balaban J connectivity index is 2.38. The van der Waals surface area contributed by atoms with Gasteiger partial charge in [-0.25, -0.2) is 4.79 Å². The highest BCUT2D eigenvalue weighted by molar-refractivity contribution is 6.46. The highest BCUT2D eigenvalue weighted by atomic mass is 35.5. The zero-order valence-corrected chi connectivity index (χ0v) is 9.80. The lowest BCUT2D eigenvalue weighted by molar-refractivity contribution is -0.129. The van der Waals surface area contributed by atoms with Crippen molar-refractivity contribution in [1.29, 1.82) is 0 Å². The molecule has 0 aliphatic heterocycles. The summed E-state index contributed by atoms with van der Waals surface area (Å²) in [6, 6.07) is 9.67. The Bertz CT molecular complexity index is 415. The van der Waals surface area contributed by atoms with Crippen LogP contribution in [0.1, 0.15) is 5.56 Å². The number of alkyl halides is 1. The van der Waals surface area contributed by atoms with E-state index < -0.39 is 5.97 Å². The summed E-state index contributed by atoms with van der Waals surface area (Å²) < 4.78 is 0. The van der Waals surface area contributed by atoms with Crippen LogP contribution in [0.2, 0.25) is 0 Å². The lowest BCUT2D eigenvalue weighted by Crippen LogP contribution is -2.14. The molecule has 1 N–H and O–H groups in total. The monoisotopic (exact) mass is 253 g/mol. The summed E-state index contributed by atoms with van der Waals surface area (Å²) in [5, 5.41) is 12.0. The predicted molar refractivity (Wildman–Crippen MR) is 67.2 cm³/mol.